The largest absolute Gasteiger partial charge is 0.289 e. The maximum absolute atomic E-state index is 13.9. The Kier molecular flexibility index (Phi) is 13.5. The lowest BCUT2D eigenvalue weighted by molar-refractivity contribution is 0.103. The zero-order valence-corrected chi connectivity index (χ0v) is 57.1. The van der Waals surface area contributed by atoms with Gasteiger partial charge in [-0.15, -0.1) is 11.3 Å². The van der Waals surface area contributed by atoms with E-state index in [1.54, 1.807) is 72.0 Å². The minimum atomic E-state index is -0.820. The van der Waals surface area contributed by atoms with Crippen LogP contribution in [0.1, 0.15) is 109 Å². The molecule has 4 aliphatic carbocycles. The molecule has 0 saturated carbocycles. The maximum Gasteiger partial charge on any atom is 0.194 e. The highest BCUT2D eigenvalue weighted by Crippen LogP contribution is 2.64. The molecule has 0 N–H and O–H groups in total. The summed E-state index contributed by atoms with van der Waals surface area (Å²) < 4.78 is 1.12. The van der Waals surface area contributed by atoms with Gasteiger partial charge in [0.1, 0.15) is 55.5 Å². The number of rotatable bonds is 8. The van der Waals surface area contributed by atoms with Gasteiger partial charge in [0.15, 0.2) is 30.9 Å². The molecule has 0 atom stereocenters. The van der Waals surface area contributed by atoms with Crippen LogP contribution in [0.15, 0.2) is 216 Å². The van der Waals surface area contributed by atoms with Crippen molar-refractivity contribution in [2.75, 3.05) is 0 Å². The van der Waals surface area contributed by atoms with Crippen LogP contribution in [0.5, 0.6) is 0 Å². The number of benzene rings is 9. The predicted molar refractivity (Wildman–Crippen MR) is 398 cm³/mol. The maximum atomic E-state index is 13.9. The van der Waals surface area contributed by atoms with Crippen molar-refractivity contribution in [3.63, 3.8) is 0 Å². The lowest BCUT2D eigenvalue weighted by Gasteiger charge is -2.36. The van der Waals surface area contributed by atoms with Gasteiger partial charge in [0.05, 0.1) is 15.7 Å². The fraction of sp³-hybridized carbons (Fsp3) is 0.0714. The Morgan fingerprint density at radius 3 is 1.20 bits per heavy atom. The molecule has 5 heterocycles. The van der Waals surface area contributed by atoms with Gasteiger partial charge in [-0.1, -0.05) is 225 Å². The molecule has 0 saturated heterocycles. The lowest BCUT2D eigenvalue weighted by atomic mass is 9.65. The van der Waals surface area contributed by atoms with Crippen molar-refractivity contribution >= 4 is 121 Å². The molecule has 0 aliphatic heterocycles. The first-order valence-corrected chi connectivity index (χ1v) is 35.9. The number of thiophene rings is 1. The number of ketones is 2. The van der Waals surface area contributed by atoms with E-state index in [0.717, 1.165) is 101 Å². The van der Waals surface area contributed by atoms with Crippen LogP contribution in [0.2, 0.25) is 0 Å². The molecule has 9 aromatic carbocycles. The van der Waals surface area contributed by atoms with Gasteiger partial charge in [0.25, 0.3) is 0 Å². The third kappa shape index (κ3) is 8.83. The van der Waals surface area contributed by atoms with E-state index in [2.05, 4.69) is 173 Å². The van der Waals surface area contributed by atoms with Crippen molar-refractivity contribution in [1.82, 2.24) is 19.9 Å². The van der Waals surface area contributed by atoms with Gasteiger partial charge in [-0.05, 0) is 160 Å². The third-order valence-electron chi connectivity index (χ3n) is 19.8. The first-order valence-electron chi connectivity index (χ1n) is 31.9. The third-order valence-corrected chi connectivity index (χ3v) is 25.1. The number of aryl methyl sites for hydroxylation is 4. The van der Waals surface area contributed by atoms with E-state index in [1.165, 1.54) is 73.2 Å². The number of hydrogen-bond donors (Lipinski definition) is 0. The highest BCUT2D eigenvalue weighted by atomic mass is 32.1. The number of thiazole rings is 4. The van der Waals surface area contributed by atoms with E-state index in [9.17, 15) is 30.6 Å². The quantitative estimate of drug-likeness (QED) is 0.105. The molecular weight excluding hydrogens is 1310 g/mol. The fourth-order valence-corrected chi connectivity index (χ4v) is 20.4. The normalized spacial score (nSPS) is 15.0. The van der Waals surface area contributed by atoms with Crippen molar-refractivity contribution in [1.29, 1.82) is 21.0 Å². The zero-order chi connectivity index (χ0) is 67.3. The van der Waals surface area contributed by atoms with E-state index in [-0.39, 0.29) is 33.9 Å². The second-order valence-electron chi connectivity index (χ2n) is 25.4. The number of carbonyl (C=O) groups excluding carboxylic acids is 2. The number of Topliss-reactive ketones (excluding diaryl/α,β-unsaturated/α-hetero) is 2. The van der Waals surface area contributed by atoms with Gasteiger partial charge in [0, 0.05) is 43.7 Å². The van der Waals surface area contributed by atoms with Gasteiger partial charge in [0.2, 0.25) is 0 Å². The van der Waals surface area contributed by atoms with Crippen molar-refractivity contribution < 1.29 is 9.59 Å². The zero-order valence-electron chi connectivity index (χ0n) is 53.1. The molecule has 464 valence electrons. The minimum absolute atomic E-state index is 0.120. The lowest BCUT2D eigenvalue weighted by Crippen LogP contribution is -2.30. The summed E-state index contributed by atoms with van der Waals surface area (Å²) in [5, 5.41) is 43.9. The Bertz CT molecular complexity index is 6110. The van der Waals surface area contributed by atoms with Crippen LogP contribution in [0.3, 0.4) is 0 Å². The highest BCUT2D eigenvalue weighted by molar-refractivity contribution is 7.31. The second-order valence-corrected chi connectivity index (χ2v) is 30.4. The van der Waals surface area contributed by atoms with Gasteiger partial charge >= 0.3 is 0 Å². The number of carbonyl (C=O) groups is 2. The smallest absolute Gasteiger partial charge is 0.194 e. The predicted octanol–water partition coefficient (Wildman–Crippen LogP) is 20.5. The molecule has 5 aromatic heterocycles. The van der Waals surface area contributed by atoms with Gasteiger partial charge < -0.3 is 0 Å². The molecule has 0 amide bonds. The number of hydrogen-bond acceptors (Lipinski definition) is 15. The SMILES string of the molecule is Cc1ccc(C2(c3ccc(C)cc3)c3cc(-c4nc5sc(C=C6C(=O)c7ccccc7C6=C(C#N)C#N)nc5s4)ccc3-c3cc4c(cc32)-c2cc3cc(-c5nc6sc(C=C7C(=O)c8ccccc8C7=C(C#N)C#N)nc6s5)sc3cc2C4(c2ccc(C)cc2)c2ccc(C)cc2)cc1. The van der Waals surface area contributed by atoms with Crippen molar-refractivity contribution in [3.05, 3.63) is 315 Å². The van der Waals surface area contributed by atoms with Crippen molar-refractivity contribution in [2.45, 2.75) is 38.5 Å². The number of aromatic nitrogens is 4. The standard InChI is InChI=1S/C84H46N8O2S5/c1-43-13-22-51(23-14-43)83(52-24-15-44(2)16-25-52)65-32-47(77-91-81-79(98-77)89-71(96-81)36-63-73(49(39-85)40-86)56-9-5-7-11-58(56)75(63)93)21-30-55(65)61-34-67-62(35-66(61)83)60-31-48-33-70(95-69(48)38-68(60)84(67,53-26-17-45(3)18-27-53)54-28-19-46(4)20-29-54)78-92-82-80(99-78)90-72(97-82)37-64-74(50(41-87)42-88)57-10-6-8-12-59(57)76(64)94/h5-38H,1-4H3. The summed E-state index contributed by atoms with van der Waals surface area (Å²) in [6.07, 6.45) is 3.39. The molecule has 0 fully saturated rings. The van der Waals surface area contributed by atoms with Crippen molar-refractivity contribution in [2.24, 2.45) is 0 Å². The Labute approximate surface area is 588 Å². The first-order chi connectivity index (χ1) is 48.3. The number of fused-ring (bicyclic) bond motifs is 11. The topological polar surface area (TPSA) is 181 Å². The molecule has 18 rings (SSSR count). The number of nitrogens with zero attached hydrogens (tertiary/aromatic N) is 8. The average Bonchev–Trinajstić information content (AvgIpc) is 1.51. The second kappa shape index (κ2) is 22.4. The Balaban J connectivity index is 0.810. The van der Waals surface area contributed by atoms with Gasteiger partial charge in [-0.25, -0.2) is 19.9 Å². The number of nitriles is 4. The average molecular weight is 1360 g/mol. The Morgan fingerprint density at radius 1 is 0.374 bits per heavy atom. The highest BCUT2D eigenvalue weighted by Gasteiger charge is 2.52. The Morgan fingerprint density at radius 2 is 0.758 bits per heavy atom. The summed E-state index contributed by atoms with van der Waals surface area (Å²) in [5.74, 6) is -0.505. The summed E-state index contributed by atoms with van der Waals surface area (Å²) in [6.45, 7) is 8.56. The summed E-state index contributed by atoms with van der Waals surface area (Å²) in [4.78, 5) is 52.2. The minimum Gasteiger partial charge on any atom is -0.289 e. The van der Waals surface area contributed by atoms with Gasteiger partial charge in [-0.2, -0.15) is 21.0 Å². The summed E-state index contributed by atoms with van der Waals surface area (Å²) in [6, 6.07) is 77.4. The van der Waals surface area contributed by atoms with E-state index in [1.807, 2.05) is 24.3 Å². The van der Waals surface area contributed by atoms with E-state index >= 15 is 0 Å². The van der Waals surface area contributed by atoms with Crippen molar-refractivity contribution in [3.8, 4) is 67.0 Å². The van der Waals surface area contributed by atoms with Crippen LogP contribution in [0, 0.1) is 73.0 Å². The Hall–Kier alpha value is -11.8. The fourth-order valence-electron chi connectivity index (χ4n) is 15.3. The first kappa shape index (κ1) is 59.7. The van der Waals surface area contributed by atoms with Crippen LogP contribution in [-0.4, -0.2) is 31.5 Å². The molecule has 4 aliphatic rings. The van der Waals surface area contributed by atoms with E-state index in [4.69, 9.17) is 19.9 Å². The molecule has 0 radical (unpaired) electrons. The summed E-state index contributed by atoms with van der Waals surface area (Å²) in [7, 11) is 0. The molecule has 99 heavy (non-hydrogen) atoms. The number of allylic oxidation sites excluding steroid dienone is 6. The summed E-state index contributed by atoms with van der Waals surface area (Å²) in [5.41, 5.74) is 20.8. The molecule has 0 bridgehead atoms. The monoisotopic (exact) mass is 1360 g/mol. The van der Waals surface area contributed by atoms with Crippen LogP contribution in [0.4, 0.5) is 0 Å². The van der Waals surface area contributed by atoms with E-state index in [0.29, 0.717) is 53.1 Å². The molecule has 10 nitrogen and oxygen atoms in total. The van der Waals surface area contributed by atoms with Crippen LogP contribution < -0.4 is 0 Å². The summed E-state index contributed by atoms with van der Waals surface area (Å²) >= 11 is 7.47. The molecule has 15 heteroatoms. The molecule has 14 aromatic rings. The van der Waals surface area contributed by atoms with Crippen LogP contribution in [-0.2, 0) is 10.8 Å². The van der Waals surface area contributed by atoms with Crippen LogP contribution in [0.25, 0.3) is 95.4 Å². The van der Waals surface area contributed by atoms with E-state index < -0.39 is 10.8 Å². The molecular formula is C84H46N8O2S5. The van der Waals surface area contributed by atoms with Crippen LogP contribution >= 0.6 is 56.7 Å². The van der Waals surface area contributed by atoms with Gasteiger partial charge in [-0.3, -0.25) is 9.59 Å². The molecule has 0 spiro atoms. The molecule has 0 unspecified atom stereocenters.